The molecule has 0 heterocycles. The Morgan fingerprint density at radius 1 is 1.04 bits per heavy atom. The van der Waals surface area contributed by atoms with E-state index in [4.69, 9.17) is 4.74 Å². The number of nitrogens with one attached hydrogen (secondary N) is 2. The normalized spacial score (nSPS) is 10.2. The van der Waals surface area contributed by atoms with Crippen LogP contribution >= 0.6 is 0 Å². The maximum Gasteiger partial charge on any atom is 0.255 e. The fourth-order valence-corrected chi connectivity index (χ4v) is 2.25. The molecule has 122 valence electrons. The summed E-state index contributed by atoms with van der Waals surface area (Å²) in [6.07, 6.45) is 3.63. The van der Waals surface area contributed by atoms with Crippen molar-refractivity contribution in [1.82, 2.24) is 0 Å². The first-order chi connectivity index (χ1) is 11.2. The lowest BCUT2D eigenvalue weighted by Crippen LogP contribution is -2.12. The molecule has 2 aromatic carbocycles. The van der Waals surface area contributed by atoms with E-state index in [-0.39, 0.29) is 5.91 Å². The van der Waals surface area contributed by atoms with Gasteiger partial charge in [-0.2, -0.15) is 0 Å². The molecule has 0 bridgehead atoms. The Labute approximate surface area is 137 Å². The fourth-order valence-electron chi connectivity index (χ4n) is 2.25. The summed E-state index contributed by atoms with van der Waals surface area (Å²) < 4.78 is 5.14. The minimum Gasteiger partial charge on any atom is -0.497 e. The first kappa shape index (κ1) is 16.9. The van der Waals surface area contributed by atoms with E-state index in [0.717, 1.165) is 17.9 Å². The number of amides is 1. The summed E-state index contributed by atoms with van der Waals surface area (Å²) in [4.78, 5) is 12.2. The van der Waals surface area contributed by atoms with Crippen LogP contribution in [-0.2, 0) is 0 Å². The summed E-state index contributed by atoms with van der Waals surface area (Å²) >= 11 is 0. The minimum atomic E-state index is -0.146. The lowest BCUT2D eigenvalue weighted by atomic mass is 10.2. The highest BCUT2D eigenvalue weighted by atomic mass is 16.5. The van der Waals surface area contributed by atoms with Crippen molar-refractivity contribution in [2.45, 2.75) is 26.2 Å². The molecule has 4 heteroatoms. The number of unbranched alkanes of at least 4 members (excludes halogenated alkanes) is 2. The fraction of sp³-hybridized carbons (Fsp3) is 0.316. The van der Waals surface area contributed by atoms with Crippen molar-refractivity contribution in [2.75, 3.05) is 24.3 Å². The smallest absolute Gasteiger partial charge is 0.255 e. The number of rotatable bonds is 8. The van der Waals surface area contributed by atoms with Crippen LogP contribution in [0.3, 0.4) is 0 Å². The number of hydrogen-bond acceptors (Lipinski definition) is 3. The zero-order valence-corrected chi connectivity index (χ0v) is 13.8. The molecule has 1 amide bonds. The molecular formula is C19H24N2O2. The van der Waals surface area contributed by atoms with Gasteiger partial charge in [-0.3, -0.25) is 4.79 Å². The Balaban J connectivity index is 1.90. The zero-order chi connectivity index (χ0) is 16.5. The van der Waals surface area contributed by atoms with Gasteiger partial charge in [-0.05, 0) is 48.9 Å². The highest BCUT2D eigenvalue weighted by Crippen LogP contribution is 2.17. The van der Waals surface area contributed by atoms with E-state index in [2.05, 4.69) is 17.6 Å². The van der Waals surface area contributed by atoms with Gasteiger partial charge in [0, 0.05) is 23.5 Å². The third-order valence-corrected chi connectivity index (χ3v) is 3.58. The number of carbonyl (C=O) groups excluding carboxylic acids is 1. The van der Waals surface area contributed by atoms with Gasteiger partial charge in [-0.15, -0.1) is 0 Å². The maximum atomic E-state index is 12.2. The first-order valence-corrected chi connectivity index (χ1v) is 8.02. The number of benzene rings is 2. The molecule has 0 aliphatic carbocycles. The minimum absolute atomic E-state index is 0.146. The van der Waals surface area contributed by atoms with Gasteiger partial charge in [0.2, 0.25) is 0 Å². The van der Waals surface area contributed by atoms with Crippen LogP contribution in [0.25, 0.3) is 0 Å². The van der Waals surface area contributed by atoms with Crippen molar-refractivity contribution in [3.63, 3.8) is 0 Å². The molecule has 0 aliphatic rings. The van der Waals surface area contributed by atoms with Crippen LogP contribution < -0.4 is 15.4 Å². The predicted octanol–water partition coefficient (Wildman–Crippen LogP) is 4.55. The molecule has 0 atom stereocenters. The quantitative estimate of drug-likeness (QED) is 0.703. The molecule has 4 nitrogen and oxygen atoms in total. The van der Waals surface area contributed by atoms with Crippen LogP contribution in [0.1, 0.15) is 36.5 Å². The Bertz CT molecular complexity index is 624. The number of methoxy groups -OCH3 is 1. The summed E-state index contributed by atoms with van der Waals surface area (Å²) in [6.45, 7) is 3.17. The molecule has 2 rings (SSSR count). The molecule has 0 radical (unpaired) electrons. The van der Waals surface area contributed by atoms with Crippen molar-refractivity contribution in [3.8, 4) is 5.75 Å². The van der Waals surface area contributed by atoms with E-state index in [1.807, 2.05) is 30.3 Å². The van der Waals surface area contributed by atoms with Crippen LogP contribution in [0.2, 0.25) is 0 Å². The Morgan fingerprint density at radius 2 is 1.78 bits per heavy atom. The molecular weight excluding hydrogens is 288 g/mol. The van der Waals surface area contributed by atoms with Gasteiger partial charge in [0.05, 0.1) is 7.11 Å². The molecule has 0 saturated heterocycles. The molecule has 0 fully saturated rings. The average molecular weight is 312 g/mol. The number of anilines is 2. The van der Waals surface area contributed by atoms with E-state index in [9.17, 15) is 4.79 Å². The molecule has 2 aromatic rings. The van der Waals surface area contributed by atoms with E-state index in [1.165, 1.54) is 19.3 Å². The highest BCUT2D eigenvalue weighted by Gasteiger charge is 2.07. The van der Waals surface area contributed by atoms with Gasteiger partial charge in [-0.1, -0.05) is 25.8 Å². The van der Waals surface area contributed by atoms with Gasteiger partial charge in [0.1, 0.15) is 5.75 Å². The van der Waals surface area contributed by atoms with E-state index in [0.29, 0.717) is 11.3 Å². The van der Waals surface area contributed by atoms with E-state index >= 15 is 0 Å². The second-order valence-electron chi connectivity index (χ2n) is 5.40. The molecule has 2 N–H and O–H groups in total. The van der Waals surface area contributed by atoms with Crippen LogP contribution in [0.15, 0.2) is 48.5 Å². The molecule has 23 heavy (non-hydrogen) atoms. The van der Waals surface area contributed by atoms with Crippen LogP contribution in [-0.4, -0.2) is 19.6 Å². The molecule has 0 spiro atoms. The third-order valence-electron chi connectivity index (χ3n) is 3.58. The summed E-state index contributed by atoms with van der Waals surface area (Å²) in [5.41, 5.74) is 2.42. The van der Waals surface area contributed by atoms with Crippen LogP contribution in [0.5, 0.6) is 5.75 Å². The summed E-state index contributed by atoms with van der Waals surface area (Å²) in [7, 11) is 1.59. The monoisotopic (exact) mass is 312 g/mol. The Hall–Kier alpha value is -2.49. The van der Waals surface area contributed by atoms with Gasteiger partial charge in [0.25, 0.3) is 5.91 Å². The number of ether oxygens (including phenoxy) is 1. The Morgan fingerprint density at radius 3 is 2.48 bits per heavy atom. The summed E-state index contributed by atoms with van der Waals surface area (Å²) in [6, 6.07) is 14.9. The topological polar surface area (TPSA) is 50.4 Å². The maximum absolute atomic E-state index is 12.2. The van der Waals surface area contributed by atoms with Crippen molar-refractivity contribution in [1.29, 1.82) is 0 Å². The van der Waals surface area contributed by atoms with Crippen molar-refractivity contribution in [3.05, 3.63) is 54.1 Å². The third kappa shape index (κ3) is 5.33. The number of carbonyl (C=O) groups is 1. The lowest BCUT2D eigenvalue weighted by Gasteiger charge is -2.09. The lowest BCUT2D eigenvalue weighted by molar-refractivity contribution is 0.102. The van der Waals surface area contributed by atoms with Crippen molar-refractivity contribution in [2.24, 2.45) is 0 Å². The first-order valence-electron chi connectivity index (χ1n) is 8.02. The van der Waals surface area contributed by atoms with Gasteiger partial charge in [0.15, 0.2) is 0 Å². The predicted molar refractivity (Wildman–Crippen MR) is 95.4 cm³/mol. The molecule has 0 aromatic heterocycles. The van der Waals surface area contributed by atoms with Crippen molar-refractivity contribution < 1.29 is 9.53 Å². The van der Waals surface area contributed by atoms with Crippen molar-refractivity contribution >= 4 is 17.3 Å². The van der Waals surface area contributed by atoms with Gasteiger partial charge in [-0.25, -0.2) is 0 Å². The van der Waals surface area contributed by atoms with Gasteiger partial charge < -0.3 is 15.4 Å². The largest absolute Gasteiger partial charge is 0.497 e. The summed E-state index contributed by atoms with van der Waals surface area (Å²) in [5.74, 6) is 0.525. The van der Waals surface area contributed by atoms with Gasteiger partial charge >= 0.3 is 0 Å². The second-order valence-corrected chi connectivity index (χ2v) is 5.40. The SMILES string of the molecule is CCCCCNc1ccc(NC(=O)c2cccc(OC)c2)cc1. The zero-order valence-electron chi connectivity index (χ0n) is 13.8. The Kier molecular flexibility index (Phi) is 6.48. The molecule has 0 saturated carbocycles. The van der Waals surface area contributed by atoms with Crippen LogP contribution in [0.4, 0.5) is 11.4 Å². The highest BCUT2D eigenvalue weighted by molar-refractivity contribution is 6.04. The van der Waals surface area contributed by atoms with E-state index in [1.54, 1.807) is 25.3 Å². The van der Waals surface area contributed by atoms with Crippen LogP contribution in [0, 0.1) is 0 Å². The second kappa shape index (κ2) is 8.83. The number of hydrogen-bond donors (Lipinski definition) is 2. The van der Waals surface area contributed by atoms with E-state index < -0.39 is 0 Å². The summed E-state index contributed by atoms with van der Waals surface area (Å²) in [5, 5.41) is 6.27. The average Bonchev–Trinajstić information content (AvgIpc) is 2.60. The molecule has 0 unspecified atom stereocenters. The molecule has 0 aliphatic heterocycles. The standard InChI is InChI=1S/C19H24N2O2/c1-3-4-5-13-20-16-9-11-17(12-10-16)21-19(22)15-7-6-8-18(14-15)23-2/h6-12,14,20H,3-5,13H2,1-2H3,(H,21,22).